The van der Waals surface area contributed by atoms with Crippen LogP contribution in [0.1, 0.15) is 33.1 Å². The van der Waals surface area contributed by atoms with Crippen molar-refractivity contribution >= 4 is 28.5 Å². The number of carbonyl (C=O) groups excluding carboxylic acids is 1. The van der Waals surface area contributed by atoms with E-state index < -0.39 is 0 Å². The molecule has 2 atom stereocenters. The Hall–Kier alpha value is 0.200. The Balaban J connectivity index is 2.41. The van der Waals surface area contributed by atoms with E-state index in [4.69, 9.17) is 0 Å². The fourth-order valence-electron chi connectivity index (χ4n) is 1.66. The molecule has 12 heavy (non-hydrogen) atoms. The molecule has 0 aromatic rings. The van der Waals surface area contributed by atoms with Gasteiger partial charge in [-0.3, -0.25) is 4.79 Å². The van der Waals surface area contributed by atoms with Crippen molar-refractivity contribution in [3.05, 3.63) is 0 Å². The van der Waals surface area contributed by atoms with Crippen LogP contribution in [0.15, 0.2) is 0 Å². The smallest absolute Gasteiger partial charge is 0.223 e. The molecule has 2 nitrogen and oxygen atoms in total. The van der Waals surface area contributed by atoms with Gasteiger partial charge < -0.3 is 4.90 Å². The van der Waals surface area contributed by atoms with Crippen molar-refractivity contribution < 1.29 is 4.79 Å². The molecule has 1 saturated heterocycles. The second-order valence-electron chi connectivity index (χ2n) is 3.56. The fraction of sp³-hybridized carbons (Fsp3) is 0.889. The molecule has 0 bridgehead atoms. The lowest BCUT2D eigenvalue weighted by Gasteiger charge is -2.21. The molecule has 70 valence electrons. The number of nitrogens with zero attached hydrogens (tertiary/aromatic N) is 1. The Morgan fingerprint density at radius 1 is 1.75 bits per heavy atom. The zero-order valence-corrected chi connectivity index (χ0v) is 9.87. The molecule has 0 aromatic heterocycles. The summed E-state index contributed by atoms with van der Waals surface area (Å²) in [5.41, 5.74) is 0. The zero-order valence-electron chi connectivity index (χ0n) is 7.72. The van der Waals surface area contributed by atoms with E-state index in [0.29, 0.717) is 22.3 Å². The predicted molar refractivity (Wildman–Crippen MR) is 58.5 cm³/mol. The van der Waals surface area contributed by atoms with Crippen molar-refractivity contribution in [2.24, 2.45) is 0 Å². The number of rotatable bonds is 2. The van der Waals surface area contributed by atoms with Gasteiger partial charge in [0.1, 0.15) is 0 Å². The summed E-state index contributed by atoms with van der Waals surface area (Å²) in [6, 6.07) is 0.479. The Bertz CT molecular complexity index is 170. The minimum atomic E-state index is 0.335. The van der Waals surface area contributed by atoms with E-state index in [1.54, 1.807) is 0 Å². The molecule has 1 amide bonds. The van der Waals surface area contributed by atoms with Gasteiger partial charge in [0.15, 0.2) is 0 Å². The van der Waals surface area contributed by atoms with E-state index in [-0.39, 0.29) is 0 Å². The Morgan fingerprint density at radius 2 is 2.42 bits per heavy atom. The molecule has 0 aromatic carbocycles. The summed E-state index contributed by atoms with van der Waals surface area (Å²) in [6.07, 6.45) is 3.06. The second kappa shape index (κ2) is 4.44. The zero-order chi connectivity index (χ0) is 9.14. The normalized spacial score (nSPS) is 25.9. The van der Waals surface area contributed by atoms with Crippen LogP contribution in [0.5, 0.6) is 0 Å². The van der Waals surface area contributed by atoms with E-state index in [1.807, 2.05) is 4.90 Å². The van der Waals surface area contributed by atoms with Gasteiger partial charge in [0.05, 0.1) is 0 Å². The first-order valence-electron chi connectivity index (χ1n) is 4.55. The topological polar surface area (TPSA) is 20.3 Å². The van der Waals surface area contributed by atoms with Crippen LogP contribution in [-0.4, -0.2) is 27.3 Å². The lowest BCUT2D eigenvalue weighted by molar-refractivity contribution is -0.131. The average molecular weight is 281 g/mol. The van der Waals surface area contributed by atoms with Crippen molar-refractivity contribution in [2.45, 2.75) is 43.1 Å². The number of halogens is 1. The molecule has 1 aliphatic heterocycles. The number of hydrogen-bond acceptors (Lipinski definition) is 1. The maximum absolute atomic E-state index is 11.6. The van der Waals surface area contributed by atoms with Gasteiger partial charge in [-0.2, -0.15) is 0 Å². The molecule has 0 radical (unpaired) electrons. The summed E-state index contributed by atoms with van der Waals surface area (Å²) < 4.78 is 0.461. The van der Waals surface area contributed by atoms with Crippen molar-refractivity contribution in [3.8, 4) is 0 Å². The quantitative estimate of drug-likeness (QED) is 0.561. The third-order valence-electron chi connectivity index (χ3n) is 2.33. The van der Waals surface area contributed by atoms with Crippen LogP contribution in [0.3, 0.4) is 0 Å². The van der Waals surface area contributed by atoms with Crippen molar-refractivity contribution in [1.82, 2.24) is 4.90 Å². The third-order valence-corrected chi connectivity index (χ3v) is 2.77. The van der Waals surface area contributed by atoms with E-state index >= 15 is 0 Å². The van der Waals surface area contributed by atoms with Gasteiger partial charge in [0.25, 0.3) is 0 Å². The van der Waals surface area contributed by atoms with Crippen LogP contribution >= 0.6 is 22.6 Å². The summed E-state index contributed by atoms with van der Waals surface area (Å²) in [5, 5.41) is 0. The largest absolute Gasteiger partial charge is 0.340 e. The van der Waals surface area contributed by atoms with E-state index in [2.05, 4.69) is 36.4 Å². The molecule has 0 aliphatic carbocycles. The summed E-state index contributed by atoms with van der Waals surface area (Å²) in [4.78, 5) is 13.6. The van der Waals surface area contributed by atoms with Gasteiger partial charge in [-0.1, -0.05) is 29.5 Å². The van der Waals surface area contributed by atoms with Gasteiger partial charge in [-0.25, -0.2) is 0 Å². The second-order valence-corrected chi connectivity index (χ2v) is 5.69. The lowest BCUT2D eigenvalue weighted by atomic mass is 10.2. The van der Waals surface area contributed by atoms with Gasteiger partial charge in [-0.05, 0) is 19.8 Å². The first-order valence-corrected chi connectivity index (χ1v) is 5.79. The Morgan fingerprint density at radius 3 is 2.83 bits per heavy atom. The lowest BCUT2D eigenvalue weighted by Crippen LogP contribution is -2.34. The number of likely N-dealkylation sites (tertiary alicyclic amines) is 1. The number of hydrogen-bond donors (Lipinski definition) is 0. The van der Waals surface area contributed by atoms with Crippen molar-refractivity contribution in [2.75, 3.05) is 6.54 Å². The molecule has 0 saturated carbocycles. The highest BCUT2D eigenvalue weighted by Crippen LogP contribution is 2.18. The Labute approximate surface area is 87.8 Å². The predicted octanol–water partition coefficient (Wildman–Crippen LogP) is 2.21. The van der Waals surface area contributed by atoms with Crippen LogP contribution in [0, 0.1) is 0 Å². The molecular weight excluding hydrogens is 265 g/mol. The Kier molecular flexibility index (Phi) is 3.80. The van der Waals surface area contributed by atoms with E-state index in [1.165, 1.54) is 12.8 Å². The highest BCUT2D eigenvalue weighted by Gasteiger charge is 2.25. The maximum Gasteiger partial charge on any atom is 0.223 e. The van der Waals surface area contributed by atoms with Crippen LogP contribution in [0.2, 0.25) is 0 Å². The van der Waals surface area contributed by atoms with Crippen LogP contribution in [0.25, 0.3) is 0 Å². The molecular formula is C9H16INO. The van der Waals surface area contributed by atoms with Gasteiger partial charge in [0, 0.05) is 22.9 Å². The van der Waals surface area contributed by atoms with Gasteiger partial charge >= 0.3 is 0 Å². The molecule has 1 rings (SSSR count). The maximum atomic E-state index is 11.6. The summed E-state index contributed by atoms with van der Waals surface area (Å²) in [6.45, 7) is 5.20. The summed E-state index contributed by atoms with van der Waals surface area (Å²) in [5.74, 6) is 0.335. The SMILES string of the molecule is CC(I)CC(=O)N1CCCC1C. The van der Waals surface area contributed by atoms with Crippen LogP contribution in [0.4, 0.5) is 0 Å². The van der Waals surface area contributed by atoms with Crippen LogP contribution in [-0.2, 0) is 4.79 Å². The molecule has 0 N–H and O–H groups in total. The third kappa shape index (κ3) is 2.61. The van der Waals surface area contributed by atoms with Crippen molar-refractivity contribution in [1.29, 1.82) is 0 Å². The summed E-state index contributed by atoms with van der Waals surface area (Å²) in [7, 11) is 0. The molecule has 1 aliphatic rings. The van der Waals surface area contributed by atoms with E-state index in [0.717, 1.165) is 6.54 Å². The highest BCUT2D eigenvalue weighted by molar-refractivity contribution is 14.1. The number of carbonyl (C=O) groups is 1. The minimum Gasteiger partial charge on any atom is -0.340 e. The minimum absolute atomic E-state index is 0.335. The molecule has 2 unspecified atom stereocenters. The van der Waals surface area contributed by atoms with Crippen LogP contribution < -0.4 is 0 Å². The molecule has 3 heteroatoms. The first-order chi connectivity index (χ1) is 5.61. The average Bonchev–Trinajstić information content (AvgIpc) is 2.33. The van der Waals surface area contributed by atoms with Crippen molar-refractivity contribution in [3.63, 3.8) is 0 Å². The molecule has 1 heterocycles. The summed E-state index contributed by atoms with van der Waals surface area (Å²) >= 11 is 2.30. The molecule has 0 spiro atoms. The monoisotopic (exact) mass is 281 g/mol. The first kappa shape index (κ1) is 10.3. The fourth-order valence-corrected chi connectivity index (χ4v) is 2.04. The standard InChI is InChI=1S/C9H16INO/c1-7(10)6-9(12)11-5-3-4-8(11)2/h7-8H,3-6H2,1-2H3. The number of amides is 1. The molecule has 1 fully saturated rings. The van der Waals surface area contributed by atoms with Gasteiger partial charge in [0.2, 0.25) is 5.91 Å². The highest BCUT2D eigenvalue weighted by atomic mass is 127. The van der Waals surface area contributed by atoms with E-state index in [9.17, 15) is 4.79 Å². The van der Waals surface area contributed by atoms with Gasteiger partial charge in [-0.15, -0.1) is 0 Å². The number of alkyl halides is 1.